The third-order valence-electron chi connectivity index (χ3n) is 3.91. The van der Waals surface area contributed by atoms with Gasteiger partial charge in [0.1, 0.15) is 17.1 Å². The van der Waals surface area contributed by atoms with Crippen LogP contribution in [0.1, 0.15) is 29.9 Å². The highest BCUT2D eigenvalue weighted by Gasteiger charge is 2.44. The van der Waals surface area contributed by atoms with E-state index in [4.69, 9.17) is 16.1 Å². The number of carboxylic acid groups (broad SMARTS) is 1. The molecule has 0 radical (unpaired) electrons. The van der Waals surface area contributed by atoms with Crippen molar-refractivity contribution in [3.63, 3.8) is 0 Å². The maximum absolute atomic E-state index is 14.2. The van der Waals surface area contributed by atoms with E-state index in [1.54, 1.807) is 0 Å². The van der Waals surface area contributed by atoms with Gasteiger partial charge in [-0.25, -0.2) is 13.9 Å². The van der Waals surface area contributed by atoms with Gasteiger partial charge in [0.2, 0.25) is 0 Å². The summed E-state index contributed by atoms with van der Waals surface area (Å²) < 4.78 is 60.4. The van der Waals surface area contributed by atoms with E-state index in [1.165, 1.54) is 12.1 Å². The second-order valence-electron chi connectivity index (χ2n) is 6.45. The van der Waals surface area contributed by atoms with E-state index in [0.717, 1.165) is 19.9 Å². The quantitative estimate of drug-likeness (QED) is 0.591. The van der Waals surface area contributed by atoms with Gasteiger partial charge in [-0.15, -0.1) is 0 Å². The summed E-state index contributed by atoms with van der Waals surface area (Å²) in [4.78, 5) is 11.8. The topological polar surface area (TPSA) is 101 Å². The molecule has 0 saturated carbocycles. The van der Waals surface area contributed by atoms with E-state index >= 15 is 0 Å². The first-order valence-corrected chi connectivity index (χ1v) is 8.27. The number of aromatic nitrogens is 3. The molecule has 2 aromatic heterocycles. The number of hydrogen-bond donors (Lipinski definition) is 2. The summed E-state index contributed by atoms with van der Waals surface area (Å²) in [5, 5.41) is 26.3. The van der Waals surface area contributed by atoms with Crippen molar-refractivity contribution in [1.82, 2.24) is 14.9 Å². The molecule has 0 aliphatic heterocycles. The molecule has 0 spiro atoms. The van der Waals surface area contributed by atoms with E-state index in [9.17, 15) is 32.6 Å². The number of hydrogen-bond acceptors (Lipinski definition) is 5. The summed E-state index contributed by atoms with van der Waals surface area (Å²) in [6, 6.07) is 3.50. The zero-order chi connectivity index (χ0) is 21.7. The molecule has 0 unspecified atom stereocenters. The van der Waals surface area contributed by atoms with Crippen LogP contribution in [0.15, 0.2) is 28.9 Å². The molecule has 0 aliphatic carbocycles. The van der Waals surface area contributed by atoms with Gasteiger partial charge in [0.05, 0.1) is 22.3 Å². The third kappa shape index (κ3) is 3.58. The highest BCUT2D eigenvalue weighted by atomic mass is 35.5. The minimum Gasteiger partial charge on any atom is -0.477 e. The molecule has 3 rings (SSSR count). The van der Waals surface area contributed by atoms with E-state index < -0.39 is 57.5 Å². The number of nitrogens with zero attached hydrogens (tertiary/aromatic N) is 3. The van der Waals surface area contributed by atoms with Crippen molar-refractivity contribution < 1.29 is 37.1 Å². The van der Waals surface area contributed by atoms with Crippen molar-refractivity contribution in [1.29, 1.82) is 0 Å². The largest absolute Gasteiger partial charge is 0.477 e. The molecular formula is C17H12ClF4N3O4. The van der Waals surface area contributed by atoms with Gasteiger partial charge in [-0.1, -0.05) is 22.8 Å². The Bertz CT molecular complexity index is 1080. The first-order valence-electron chi connectivity index (χ1n) is 7.89. The Hall–Kier alpha value is -2.92. The summed E-state index contributed by atoms with van der Waals surface area (Å²) in [6.07, 6.45) is -4.36. The smallest absolute Gasteiger partial charge is 0.433 e. The van der Waals surface area contributed by atoms with Crippen molar-refractivity contribution in [2.45, 2.75) is 25.7 Å². The molecule has 12 heteroatoms. The summed E-state index contributed by atoms with van der Waals surface area (Å²) in [7, 11) is 0. The summed E-state index contributed by atoms with van der Waals surface area (Å²) >= 11 is 5.92. The highest BCUT2D eigenvalue weighted by Crippen LogP contribution is 2.43. The van der Waals surface area contributed by atoms with Gasteiger partial charge >= 0.3 is 12.1 Å². The number of alkyl halides is 3. The Balaban J connectivity index is 2.34. The van der Waals surface area contributed by atoms with Crippen LogP contribution in [0, 0.1) is 5.82 Å². The SMILES string of the molecule is CC(C)(O)n1ncc(-c2onc(-c3c(F)cccc3Cl)c2C(=O)O)c1C(F)(F)F. The summed E-state index contributed by atoms with van der Waals surface area (Å²) in [5.41, 5.74) is -6.18. The fraction of sp³-hybridized carbons (Fsp3) is 0.235. The number of rotatable bonds is 4. The van der Waals surface area contributed by atoms with Crippen LogP contribution in [0.2, 0.25) is 5.02 Å². The number of aliphatic hydroxyl groups is 1. The summed E-state index contributed by atoms with van der Waals surface area (Å²) in [6.45, 7) is 2.12. The Labute approximate surface area is 165 Å². The number of carbonyl (C=O) groups is 1. The Morgan fingerprint density at radius 1 is 1.28 bits per heavy atom. The fourth-order valence-corrected chi connectivity index (χ4v) is 3.02. The van der Waals surface area contributed by atoms with Crippen LogP contribution in [0.3, 0.4) is 0 Å². The third-order valence-corrected chi connectivity index (χ3v) is 4.22. The lowest BCUT2D eigenvalue weighted by Gasteiger charge is -2.22. The van der Waals surface area contributed by atoms with Gasteiger partial charge in [0.25, 0.3) is 0 Å². The van der Waals surface area contributed by atoms with E-state index in [2.05, 4.69) is 10.3 Å². The van der Waals surface area contributed by atoms with E-state index in [-0.39, 0.29) is 9.70 Å². The number of halogens is 5. The van der Waals surface area contributed by atoms with Gasteiger partial charge in [0.15, 0.2) is 17.2 Å². The minimum atomic E-state index is -5.04. The highest BCUT2D eigenvalue weighted by molar-refractivity contribution is 6.33. The number of benzene rings is 1. The molecule has 29 heavy (non-hydrogen) atoms. The van der Waals surface area contributed by atoms with Crippen LogP contribution < -0.4 is 0 Å². The first-order chi connectivity index (χ1) is 13.3. The Morgan fingerprint density at radius 2 is 1.93 bits per heavy atom. The molecule has 0 atom stereocenters. The van der Waals surface area contributed by atoms with Crippen LogP contribution in [0.5, 0.6) is 0 Å². The van der Waals surface area contributed by atoms with Gasteiger partial charge in [-0.2, -0.15) is 18.3 Å². The van der Waals surface area contributed by atoms with Gasteiger partial charge in [0, 0.05) is 0 Å². The lowest BCUT2D eigenvalue weighted by atomic mass is 10.0. The molecule has 1 aromatic carbocycles. The van der Waals surface area contributed by atoms with Crippen LogP contribution in [-0.2, 0) is 11.9 Å². The standard InChI is InChI=1S/C17H12ClF4N3O4/c1-16(2,28)25-14(17(20,21)22)7(6-23-25)13-11(15(26)27)12(24-29-13)10-8(18)4-3-5-9(10)19/h3-6,28H,1-2H3,(H,26,27). The van der Waals surface area contributed by atoms with Crippen molar-refractivity contribution in [3.05, 3.63) is 46.5 Å². The van der Waals surface area contributed by atoms with Crippen LogP contribution in [-0.4, -0.2) is 31.1 Å². The van der Waals surface area contributed by atoms with Crippen molar-refractivity contribution in [2.75, 3.05) is 0 Å². The Kier molecular flexibility index (Phi) is 4.91. The lowest BCUT2D eigenvalue weighted by molar-refractivity contribution is -0.153. The molecule has 2 N–H and O–H groups in total. The van der Waals surface area contributed by atoms with Crippen molar-refractivity contribution >= 4 is 17.6 Å². The monoisotopic (exact) mass is 433 g/mol. The Morgan fingerprint density at radius 3 is 2.45 bits per heavy atom. The van der Waals surface area contributed by atoms with Crippen molar-refractivity contribution in [2.24, 2.45) is 0 Å². The lowest BCUT2D eigenvalue weighted by Crippen LogP contribution is -2.31. The second kappa shape index (κ2) is 6.85. The normalized spacial score (nSPS) is 12.4. The van der Waals surface area contributed by atoms with Crippen LogP contribution in [0.25, 0.3) is 22.6 Å². The van der Waals surface area contributed by atoms with Crippen LogP contribution >= 0.6 is 11.6 Å². The summed E-state index contributed by atoms with van der Waals surface area (Å²) in [5.74, 6) is -3.47. The first kappa shape index (κ1) is 20.8. The fourth-order valence-electron chi connectivity index (χ4n) is 2.77. The molecule has 0 amide bonds. The molecule has 0 bridgehead atoms. The second-order valence-corrected chi connectivity index (χ2v) is 6.86. The average Bonchev–Trinajstić information content (AvgIpc) is 3.17. The van der Waals surface area contributed by atoms with E-state index in [0.29, 0.717) is 6.20 Å². The maximum Gasteiger partial charge on any atom is 0.433 e. The van der Waals surface area contributed by atoms with Gasteiger partial charge in [-0.05, 0) is 26.0 Å². The van der Waals surface area contributed by atoms with Crippen LogP contribution in [0.4, 0.5) is 17.6 Å². The molecule has 154 valence electrons. The number of aromatic carboxylic acids is 1. The molecular weight excluding hydrogens is 422 g/mol. The maximum atomic E-state index is 14.2. The minimum absolute atomic E-state index is 0.212. The number of carboxylic acids is 1. The van der Waals surface area contributed by atoms with Crippen molar-refractivity contribution in [3.8, 4) is 22.6 Å². The zero-order valence-electron chi connectivity index (χ0n) is 14.8. The predicted molar refractivity (Wildman–Crippen MR) is 91.6 cm³/mol. The molecule has 0 fully saturated rings. The molecule has 0 saturated heterocycles. The predicted octanol–water partition coefficient (Wildman–Crippen LogP) is 4.40. The molecule has 2 heterocycles. The zero-order valence-corrected chi connectivity index (χ0v) is 15.5. The molecule has 7 nitrogen and oxygen atoms in total. The average molecular weight is 434 g/mol. The van der Waals surface area contributed by atoms with Gasteiger partial charge < -0.3 is 14.7 Å². The molecule has 3 aromatic rings. The molecule has 0 aliphatic rings. The van der Waals surface area contributed by atoms with E-state index in [1.807, 2.05) is 0 Å². The van der Waals surface area contributed by atoms with Gasteiger partial charge in [-0.3, -0.25) is 0 Å².